The number of hydrogen-bond donors (Lipinski definition) is 1. The molecule has 27 heavy (non-hydrogen) atoms. The largest absolute Gasteiger partial charge is 0.491 e. The standard InChI is InChI=1S/C23H25NO3/c1-16-9-4-7-13-21(16)26-15-17(2)24-23(25)18(3)27-22-14-8-11-19-10-5-6-12-20(19)22/h4-14,17-18H,15H2,1-3H3,(H,24,25)/t17-,18+/m1/s1. The van der Waals surface area contributed by atoms with Crippen LogP contribution in [0.15, 0.2) is 66.7 Å². The predicted octanol–water partition coefficient (Wildman–Crippen LogP) is 4.50. The lowest BCUT2D eigenvalue weighted by atomic mass is 10.1. The summed E-state index contributed by atoms with van der Waals surface area (Å²) in [5, 5.41) is 5.03. The molecule has 4 nitrogen and oxygen atoms in total. The number of fused-ring (bicyclic) bond motifs is 1. The second-order valence-corrected chi connectivity index (χ2v) is 6.72. The summed E-state index contributed by atoms with van der Waals surface area (Å²) < 4.78 is 11.7. The first kappa shape index (κ1) is 18.8. The van der Waals surface area contributed by atoms with Gasteiger partial charge in [0, 0.05) is 5.39 Å². The molecule has 0 bridgehead atoms. The van der Waals surface area contributed by atoms with Gasteiger partial charge in [0.2, 0.25) is 0 Å². The van der Waals surface area contributed by atoms with Crippen LogP contribution in [0.3, 0.4) is 0 Å². The number of carbonyl (C=O) groups excluding carboxylic acids is 1. The number of amides is 1. The van der Waals surface area contributed by atoms with Crippen molar-refractivity contribution in [2.24, 2.45) is 0 Å². The van der Waals surface area contributed by atoms with Crippen LogP contribution >= 0.6 is 0 Å². The van der Waals surface area contributed by atoms with Crippen LogP contribution in [-0.2, 0) is 4.79 Å². The van der Waals surface area contributed by atoms with Crippen molar-refractivity contribution in [3.05, 3.63) is 72.3 Å². The minimum Gasteiger partial charge on any atom is -0.491 e. The van der Waals surface area contributed by atoms with E-state index in [1.54, 1.807) is 6.92 Å². The summed E-state index contributed by atoms with van der Waals surface area (Å²) in [4.78, 5) is 12.5. The van der Waals surface area contributed by atoms with Crippen molar-refractivity contribution in [2.75, 3.05) is 6.61 Å². The smallest absolute Gasteiger partial charge is 0.261 e. The Labute approximate surface area is 160 Å². The Bertz CT molecular complexity index is 917. The van der Waals surface area contributed by atoms with E-state index >= 15 is 0 Å². The monoisotopic (exact) mass is 363 g/mol. The average molecular weight is 363 g/mol. The van der Waals surface area contributed by atoms with Crippen molar-refractivity contribution in [3.8, 4) is 11.5 Å². The van der Waals surface area contributed by atoms with Crippen molar-refractivity contribution in [1.29, 1.82) is 0 Å². The lowest BCUT2D eigenvalue weighted by molar-refractivity contribution is -0.128. The molecular weight excluding hydrogens is 338 g/mol. The van der Waals surface area contributed by atoms with Gasteiger partial charge in [0.05, 0.1) is 6.04 Å². The van der Waals surface area contributed by atoms with Gasteiger partial charge in [-0.2, -0.15) is 0 Å². The number of rotatable bonds is 7. The van der Waals surface area contributed by atoms with Gasteiger partial charge < -0.3 is 14.8 Å². The fraction of sp³-hybridized carbons (Fsp3) is 0.261. The normalized spacial score (nSPS) is 13.0. The van der Waals surface area contributed by atoms with Crippen LogP contribution < -0.4 is 14.8 Å². The van der Waals surface area contributed by atoms with Crippen molar-refractivity contribution >= 4 is 16.7 Å². The molecule has 4 heteroatoms. The highest BCUT2D eigenvalue weighted by Crippen LogP contribution is 2.26. The Kier molecular flexibility index (Phi) is 5.97. The Morgan fingerprint density at radius 1 is 0.926 bits per heavy atom. The summed E-state index contributed by atoms with van der Waals surface area (Å²) >= 11 is 0. The van der Waals surface area contributed by atoms with Crippen LogP contribution in [0.1, 0.15) is 19.4 Å². The van der Waals surface area contributed by atoms with E-state index < -0.39 is 6.10 Å². The maximum absolute atomic E-state index is 12.5. The van der Waals surface area contributed by atoms with Crippen molar-refractivity contribution < 1.29 is 14.3 Å². The Morgan fingerprint density at radius 2 is 1.59 bits per heavy atom. The van der Waals surface area contributed by atoms with E-state index in [0.29, 0.717) is 12.4 Å². The van der Waals surface area contributed by atoms with Crippen LogP contribution in [0, 0.1) is 6.92 Å². The van der Waals surface area contributed by atoms with Gasteiger partial charge in [-0.25, -0.2) is 0 Å². The fourth-order valence-electron chi connectivity index (χ4n) is 2.88. The third-order valence-corrected chi connectivity index (χ3v) is 4.39. The predicted molar refractivity (Wildman–Crippen MR) is 108 cm³/mol. The first-order chi connectivity index (χ1) is 13.0. The third kappa shape index (κ3) is 4.79. The summed E-state index contributed by atoms with van der Waals surface area (Å²) in [5.74, 6) is 1.38. The molecular formula is C23H25NO3. The van der Waals surface area contributed by atoms with Crippen LogP contribution in [-0.4, -0.2) is 24.7 Å². The summed E-state index contributed by atoms with van der Waals surface area (Å²) in [7, 11) is 0. The molecule has 0 spiro atoms. The lowest BCUT2D eigenvalue weighted by Crippen LogP contribution is -2.43. The number of hydrogen-bond acceptors (Lipinski definition) is 3. The molecule has 1 N–H and O–H groups in total. The van der Waals surface area contributed by atoms with Gasteiger partial charge in [0.1, 0.15) is 18.1 Å². The van der Waals surface area contributed by atoms with E-state index in [4.69, 9.17) is 9.47 Å². The third-order valence-electron chi connectivity index (χ3n) is 4.39. The summed E-state index contributed by atoms with van der Waals surface area (Å²) in [6, 6.07) is 21.5. The Balaban J connectivity index is 1.56. The Morgan fingerprint density at radius 3 is 2.41 bits per heavy atom. The quantitative estimate of drug-likeness (QED) is 0.672. The molecule has 0 aromatic heterocycles. The maximum Gasteiger partial charge on any atom is 0.261 e. The van der Waals surface area contributed by atoms with Gasteiger partial charge in [0.25, 0.3) is 5.91 Å². The topological polar surface area (TPSA) is 47.6 Å². The van der Waals surface area contributed by atoms with E-state index in [9.17, 15) is 4.79 Å². The van der Waals surface area contributed by atoms with Gasteiger partial charge in [-0.1, -0.05) is 54.6 Å². The molecule has 3 aromatic rings. The zero-order chi connectivity index (χ0) is 19.2. The number of carbonyl (C=O) groups is 1. The molecule has 0 radical (unpaired) electrons. The summed E-state index contributed by atoms with van der Waals surface area (Å²) in [6.45, 7) is 6.07. The molecule has 140 valence electrons. The van der Waals surface area contributed by atoms with Gasteiger partial charge in [0.15, 0.2) is 6.10 Å². The van der Waals surface area contributed by atoms with E-state index in [1.165, 1.54) is 0 Å². The van der Waals surface area contributed by atoms with Crippen LogP contribution in [0.2, 0.25) is 0 Å². The highest BCUT2D eigenvalue weighted by molar-refractivity contribution is 5.89. The highest BCUT2D eigenvalue weighted by Gasteiger charge is 2.18. The van der Waals surface area contributed by atoms with Crippen molar-refractivity contribution in [1.82, 2.24) is 5.32 Å². The van der Waals surface area contributed by atoms with Crippen LogP contribution in [0.4, 0.5) is 0 Å². The second-order valence-electron chi connectivity index (χ2n) is 6.72. The van der Waals surface area contributed by atoms with E-state index in [2.05, 4.69) is 5.32 Å². The number of aryl methyl sites for hydroxylation is 1. The minimum absolute atomic E-state index is 0.129. The zero-order valence-corrected chi connectivity index (χ0v) is 15.9. The molecule has 0 fully saturated rings. The van der Waals surface area contributed by atoms with Crippen LogP contribution in [0.25, 0.3) is 10.8 Å². The molecule has 0 aliphatic carbocycles. The summed E-state index contributed by atoms with van der Waals surface area (Å²) in [6.07, 6.45) is -0.600. The molecule has 0 aliphatic rings. The fourth-order valence-corrected chi connectivity index (χ4v) is 2.88. The van der Waals surface area contributed by atoms with E-state index in [1.807, 2.05) is 80.6 Å². The van der Waals surface area contributed by atoms with Gasteiger partial charge >= 0.3 is 0 Å². The number of nitrogens with one attached hydrogen (secondary N) is 1. The van der Waals surface area contributed by atoms with Gasteiger partial charge in [-0.05, 0) is 43.9 Å². The average Bonchev–Trinajstić information content (AvgIpc) is 2.67. The molecule has 0 unspecified atom stereocenters. The number of para-hydroxylation sites is 1. The molecule has 1 amide bonds. The summed E-state index contributed by atoms with van der Waals surface area (Å²) in [5.41, 5.74) is 1.07. The van der Waals surface area contributed by atoms with Crippen molar-refractivity contribution in [3.63, 3.8) is 0 Å². The van der Waals surface area contributed by atoms with Crippen molar-refractivity contribution in [2.45, 2.75) is 32.9 Å². The molecule has 0 saturated heterocycles. The van der Waals surface area contributed by atoms with E-state index in [-0.39, 0.29) is 11.9 Å². The SMILES string of the molecule is Cc1ccccc1OC[C@@H](C)NC(=O)[C@H](C)Oc1cccc2ccccc12. The molecule has 2 atom stereocenters. The molecule has 3 rings (SSSR count). The molecule has 0 saturated carbocycles. The molecule has 0 heterocycles. The van der Waals surface area contributed by atoms with Gasteiger partial charge in [-0.15, -0.1) is 0 Å². The number of ether oxygens (including phenoxy) is 2. The van der Waals surface area contributed by atoms with E-state index in [0.717, 1.165) is 22.1 Å². The Hall–Kier alpha value is -3.01. The van der Waals surface area contributed by atoms with Gasteiger partial charge in [-0.3, -0.25) is 4.79 Å². The number of benzene rings is 3. The minimum atomic E-state index is -0.600. The molecule has 3 aromatic carbocycles. The maximum atomic E-state index is 12.5. The van der Waals surface area contributed by atoms with Crippen LogP contribution in [0.5, 0.6) is 11.5 Å². The zero-order valence-electron chi connectivity index (χ0n) is 15.9. The molecule has 0 aliphatic heterocycles. The second kappa shape index (κ2) is 8.58. The first-order valence-corrected chi connectivity index (χ1v) is 9.18. The first-order valence-electron chi connectivity index (χ1n) is 9.18. The highest BCUT2D eigenvalue weighted by atomic mass is 16.5. The lowest BCUT2D eigenvalue weighted by Gasteiger charge is -2.20.